The molecule has 1 saturated heterocycles. The van der Waals surface area contributed by atoms with Crippen LogP contribution in [0.2, 0.25) is 0 Å². The zero-order valence-electron chi connectivity index (χ0n) is 13.9. The molecule has 0 saturated carbocycles. The quantitative estimate of drug-likeness (QED) is 0.464. The molecule has 1 fully saturated rings. The third kappa shape index (κ3) is 4.26. The number of halogens is 1. The molecule has 2 aromatic carbocycles. The summed E-state index contributed by atoms with van der Waals surface area (Å²) in [5, 5.41) is -0.272. The molecule has 0 radical (unpaired) electrons. The zero-order chi connectivity index (χ0) is 18.5. The Hall–Kier alpha value is -2.31. The fourth-order valence-electron chi connectivity index (χ4n) is 2.48. The standard InChI is InChI=1S/C20H16BrNO3S/c1-2-10-25-17-9-4-3-7-15(17)12-18-19(23)22(20(24)26-18)13-14-6-5-8-16(21)11-14/h2-9,11-12H,1,10,13H2/b18-12-. The van der Waals surface area contributed by atoms with E-state index in [2.05, 4.69) is 22.5 Å². The molecule has 3 rings (SSSR count). The zero-order valence-corrected chi connectivity index (χ0v) is 16.3. The second kappa shape index (κ2) is 8.38. The van der Waals surface area contributed by atoms with Crippen molar-refractivity contribution in [2.24, 2.45) is 0 Å². The molecule has 6 heteroatoms. The van der Waals surface area contributed by atoms with Crippen LogP contribution < -0.4 is 4.74 Å². The van der Waals surface area contributed by atoms with Crippen molar-refractivity contribution < 1.29 is 14.3 Å². The molecule has 0 N–H and O–H groups in total. The van der Waals surface area contributed by atoms with Crippen LogP contribution in [-0.4, -0.2) is 22.7 Å². The summed E-state index contributed by atoms with van der Waals surface area (Å²) in [5.74, 6) is 0.352. The van der Waals surface area contributed by atoms with Crippen molar-refractivity contribution in [2.45, 2.75) is 6.54 Å². The Bertz CT molecular complexity index is 894. The van der Waals surface area contributed by atoms with Crippen LogP contribution in [0.25, 0.3) is 6.08 Å². The molecular weight excluding hydrogens is 414 g/mol. The monoisotopic (exact) mass is 429 g/mol. The molecular formula is C20H16BrNO3S. The van der Waals surface area contributed by atoms with Crippen molar-refractivity contribution >= 4 is 44.9 Å². The molecule has 0 unspecified atom stereocenters. The molecule has 1 aliphatic heterocycles. The Kier molecular flexibility index (Phi) is 5.96. The molecule has 0 aliphatic carbocycles. The van der Waals surface area contributed by atoms with Gasteiger partial charge in [-0.05, 0) is 41.6 Å². The number of hydrogen-bond acceptors (Lipinski definition) is 4. The number of nitrogens with zero attached hydrogens (tertiary/aromatic N) is 1. The van der Waals surface area contributed by atoms with E-state index in [-0.39, 0.29) is 17.7 Å². The van der Waals surface area contributed by atoms with Crippen molar-refractivity contribution in [1.82, 2.24) is 4.90 Å². The Morgan fingerprint density at radius 3 is 2.73 bits per heavy atom. The van der Waals surface area contributed by atoms with E-state index < -0.39 is 0 Å². The molecule has 26 heavy (non-hydrogen) atoms. The first-order chi connectivity index (χ1) is 12.6. The van der Waals surface area contributed by atoms with E-state index in [1.807, 2.05) is 48.5 Å². The van der Waals surface area contributed by atoms with Crippen LogP contribution in [0, 0.1) is 0 Å². The first kappa shape index (κ1) is 18.5. The first-order valence-electron chi connectivity index (χ1n) is 7.91. The lowest BCUT2D eigenvalue weighted by atomic mass is 10.1. The minimum absolute atomic E-state index is 0.246. The van der Waals surface area contributed by atoms with Crippen molar-refractivity contribution in [2.75, 3.05) is 6.61 Å². The molecule has 0 aromatic heterocycles. The van der Waals surface area contributed by atoms with Crippen LogP contribution in [0.15, 0.2) is 70.6 Å². The SMILES string of the molecule is C=CCOc1ccccc1/C=C1\SC(=O)N(Cc2cccc(Br)c2)C1=O. The van der Waals surface area contributed by atoms with Crippen LogP contribution in [0.5, 0.6) is 5.75 Å². The maximum Gasteiger partial charge on any atom is 0.293 e. The van der Waals surface area contributed by atoms with E-state index in [0.29, 0.717) is 17.3 Å². The normalized spacial score (nSPS) is 15.6. The Morgan fingerprint density at radius 1 is 1.15 bits per heavy atom. The van der Waals surface area contributed by atoms with Gasteiger partial charge in [-0.15, -0.1) is 0 Å². The van der Waals surface area contributed by atoms with E-state index in [1.165, 1.54) is 4.90 Å². The molecule has 0 bridgehead atoms. The van der Waals surface area contributed by atoms with Gasteiger partial charge < -0.3 is 4.74 Å². The number of amides is 2. The number of thioether (sulfide) groups is 1. The maximum atomic E-state index is 12.7. The Labute approximate surface area is 164 Å². The van der Waals surface area contributed by atoms with E-state index >= 15 is 0 Å². The third-order valence-electron chi connectivity index (χ3n) is 3.67. The van der Waals surface area contributed by atoms with Crippen molar-refractivity contribution in [3.63, 3.8) is 0 Å². The number of benzene rings is 2. The molecule has 132 valence electrons. The fourth-order valence-corrected chi connectivity index (χ4v) is 3.75. The Morgan fingerprint density at radius 2 is 1.96 bits per heavy atom. The lowest BCUT2D eigenvalue weighted by molar-refractivity contribution is -0.123. The molecule has 4 nitrogen and oxygen atoms in total. The van der Waals surface area contributed by atoms with Gasteiger partial charge in [-0.2, -0.15) is 0 Å². The number of imide groups is 1. The second-order valence-electron chi connectivity index (χ2n) is 5.54. The lowest BCUT2D eigenvalue weighted by Crippen LogP contribution is -2.27. The van der Waals surface area contributed by atoms with Crippen molar-refractivity contribution in [1.29, 1.82) is 0 Å². The lowest BCUT2D eigenvalue weighted by Gasteiger charge is -2.12. The van der Waals surface area contributed by atoms with Gasteiger partial charge in [0.25, 0.3) is 11.1 Å². The van der Waals surface area contributed by atoms with Gasteiger partial charge in [0.05, 0.1) is 11.4 Å². The number of hydrogen-bond donors (Lipinski definition) is 0. The summed E-state index contributed by atoms with van der Waals surface area (Å²) in [6.45, 7) is 4.25. The summed E-state index contributed by atoms with van der Waals surface area (Å²) in [7, 11) is 0. The molecule has 1 heterocycles. The van der Waals surface area contributed by atoms with E-state index in [9.17, 15) is 9.59 Å². The van der Waals surface area contributed by atoms with E-state index in [4.69, 9.17) is 4.74 Å². The van der Waals surface area contributed by atoms with Crippen molar-refractivity contribution in [3.8, 4) is 5.75 Å². The average molecular weight is 430 g/mol. The highest BCUT2D eigenvalue weighted by Crippen LogP contribution is 2.35. The number of para-hydroxylation sites is 1. The highest BCUT2D eigenvalue weighted by molar-refractivity contribution is 9.10. The van der Waals surface area contributed by atoms with E-state index in [1.54, 1.807) is 12.2 Å². The summed E-state index contributed by atoms with van der Waals surface area (Å²) >= 11 is 4.34. The van der Waals surface area contributed by atoms with Gasteiger partial charge in [-0.1, -0.05) is 58.9 Å². The molecule has 2 amide bonds. The minimum Gasteiger partial charge on any atom is -0.489 e. The van der Waals surface area contributed by atoms with Gasteiger partial charge in [0.2, 0.25) is 0 Å². The van der Waals surface area contributed by atoms with Gasteiger partial charge >= 0.3 is 0 Å². The number of ether oxygens (including phenoxy) is 1. The first-order valence-corrected chi connectivity index (χ1v) is 9.52. The van der Waals surface area contributed by atoms with Crippen LogP contribution in [0.4, 0.5) is 4.79 Å². The largest absolute Gasteiger partial charge is 0.489 e. The third-order valence-corrected chi connectivity index (χ3v) is 5.07. The molecule has 0 spiro atoms. The highest BCUT2D eigenvalue weighted by atomic mass is 79.9. The van der Waals surface area contributed by atoms with Crippen LogP contribution >= 0.6 is 27.7 Å². The predicted molar refractivity (Wildman–Crippen MR) is 108 cm³/mol. The molecule has 1 aliphatic rings. The summed E-state index contributed by atoms with van der Waals surface area (Å²) in [6.07, 6.45) is 3.35. The number of carbonyl (C=O) groups is 2. The van der Waals surface area contributed by atoms with E-state index in [0.717, 1.165) is 27.4 Å². The van der Waals surface area contributed by atoms with Gasteiger partial charge in [0.1, 0.15) is 12.4 Å². The number of carbonyl (C=O) groups excluding carboxylic acids is 2. The smallest absolute Gasteiger partial charge is 0.293 e. The highest BCUT2D eigenvalue weighted by Gasteiger charge is 2.35. The summed E-state index contributed by atoms with van der Waals surface area (Å²) < 4.78 is 6.52. The summed E-state index contributed by atoms with van der Waals surface area (Å²) in [6, 6.07) is 14.9. The second-order valence-corrected chi connectivity index (χ2v) is 7.44. The maximum absolute atomic E-state index is 12.7. The molecule has 2 aromatic rings. The average Bonchev–Trinajstić information content (AvgIpc) is 2.88. The topological polar surface area (TPSA) is 46.6 Å². The van der Waals surface area contributed by atoms with Gasteiger partial charge in [-0.25, -0.2) is 0 Å². The van der Waals surface area contributed by atoms with Crippen molar-refractivity contribution in [3.05, 3.63) is 81.7 Å². The van der Waals surface area contributed by atoms with Crippen LogP contribution in [0.3, 0.4) is 0 Å². The molecule has 0 atom stereocenters. The minimum atomic E-state index is -0.293. The van der Waals surface area contributed by atoms with Gasteiger partial charge in [0.15, 0.2) is 0 Å². The Balaban J connectivity index is 1.82. The van der Waals surface area contributed by atoms with Gasteiger partial charge in [-0.3, -0.25) is 14.5 Å². The fraction of sp³-hybridized carbons (Fsp3) is 0.100. The summed E-state index contributed by atoms with van der Waals surface area (Å²) in [4.78, 5) is 26.6. The van der Waals surface area contributed by atoms with Crippen LogP contribution in [-0.2, 0) is 11.3 Å². The number of rotatable bonds is 6. The predicted octanol–water partition coefficient (Wildman–Crippen LogP) is 5.25. The van der Waals surface area contributed by atoms with Crippen LogP contribution in [0.1, 0.15) is 11.1 Å². The summed E-state index contributed by atoms with van der Waals surface area (Å²) in [5.41, 5.74) is 1.64. The van der Waals surface area contributed by atoms with Gasteiger partial charge in [0, 0.05) is 10.0 Å².